The average Bonchev–Trinajstić information content (AvgIpc) is 2.86. The van der Waals surface area contributed by atoms with Gasteiger partial charge in [-0.05, 0) is 24.3 Å². The summed E-state index contributed by atoms with van der Waals surface area (Å²) >= 11 is 0. The minimum absolute atomic E-state index is 0.131. The highest BCUT2D eigenvalue weighted by Crippen LogP contribution is 2.26. The Bertz CT molecular complexity index is 767. The van der Waals surface area contributed by atoms with Crippen molar-refractivity contribution in [2.75, 3.05) is 11.9 Å². The molecule has 0 aromatic carbocycles. The quantitative estimate of drug-likeness (QED) is 0.788. The molecular weight excluding hydrogens is 256 g/mol. The van der Waals surface area contributed by atoms with Gasteiger partial charge in [0.15, 0.2) is 11.5 Å². The van der Waals surface area contributed by atoms with Gasteiger partial charge in [0.2, 0.25) is 0 Å². The third-order valence-electron chi connectivity index (χ3n) is 3.07. The predicted octanol–water partition coefficient (Wildman–Crippen LogP) is 2.20. The molecule has 0 bridgehead atoms. The first-order chi connectivity index (χ1) is 9.68. The van der Waals surface area contributed by atoms with Crippen LogP contribution in [-0.2, 0) is 0 Å². The second-order valence-corrected chi connectivity index (χ2v) is 4.29. The van der Waals surface area contributed by atoms with Gasteiger partial charge in [-0.15, -0.1) is 0 Å². The maximum absolute atomic E-state index is 11.5. The second kappa shape index (κ2) is 4.65. The smallest absolute Gasteiger partial charge is 0.356 e. The second-order valence-electron chi connectivity index (χ2n) is 4.29. The first-order valence-corrected chi connectivity index (χ1v) is 6.02. The summed E-state index contributed by atoms with van der Waals surface area (Å²) in [6.07, 6.45) is 5.02. The molecule has 100 valence electrons. The van der Waals surface area contributed by atoms with Crippen LogP contribution < -0.4 is 4.90 Å². The molecule has 3 rings (SSSR count). The van der Waals surface area contributed by atoms with Gasteiger partial charge in [0.1, 0.15) is 5.65 Å². The van der Waals surface area contributed by atoms with Gasteiger partial charge in [0, 0.05) is 19.4 Å². The monoisotopic (exact) mass is 268 g/mol. The average molecular weight is 268 g/mol. The number of hydrogen-bond acceptors (Lipinski definition) is 4. The lowest BCUT2D eigenvalue weighted by Gasteiger charge is -2.16. The minimum Gasteiger partial charge on any atom is -0.476 e. The van der Waals surface area contributed by atoms with E-state index in [1.54, 1.807) is 53.1 Å². The van der Waals surface area contributed by atoms with Crippen LogP contribution in [0.2, 0.25) is 0 Å². The van der Waals surface area contributed by atoms with Crippen LogP contribution >= 0.6 is 0 Å². The van der Waals surface area contributed by atoms with Crippen LogP contribution in [-0.4, -0.2) is 32.5 Å². The Hall–Kier alpha value is -2.89. The number of aromatic nitrogens is 3. The fraction of sp³-hybridized carbons (Fsp3) is 0.0714. The van der Waals surface area contributed by atoms with E-state index in [0.717, 1.165) is 5.69 Å². The van der Waals surface area contributed by atoms with Crippen molar-refractivity contribution >= 4 is 23.1 Å². The van der Waals surface area contributed by atoms with E-state index in [4.69, 9.17) is 0 Å². The first-order valence-electron chi connectivity index (χ1n) is 6.02. The maximum Gasteiger partial charge on any atom is 0.356 e. The third kappa shape index (κ3) is 1.87. The number of nitrogens with zero attached hydrogens (tertiary/aromatic N) is 4. The van der Waals surface area contributed by atoms with Crippen molar-refractivity contribution in [2.24, 2.45) is 0 Å². The number of carboxylic acids is 1. The van der Waals surface area contributed by atoms with E-state index in [1.165, 1.54) is 0 Å². The Morgan fingerprint density at radius 2 is 2.15 bits per heavy atom. The SMILES string of the molecule is CN(c1cccnc1)c1nc2ccccn2c1C(=O)O. The zero-order valence-corrected chi connectivity index (χ0v) is 10.8. The van der Waals surface area contributed by atoms with Crippen LogP contribution in [0, 0.1) is 0 Å². The molecule has 6 heteroatoms. The molecule has 0 fully saturated rings. The zero-order valence-electron chi connectivity index (χ0n) is 10.8. The standard InChI is InChI=1S/C14H12N4O2/c1-17(10-5-4-7-15-9-10)13-12(14(19)20)18-8-3-2-6-11(18)16-13/h2-9H,1H3,(H,19,20). The minimum atomic E-state index is -1.02. The Morgan fingerprint density at radius 1 is 1.30 bits per heavy atom. The molecule has 0 aliphatic rings. The van der Waals surface area contributed by atoms with Crippen LogP contribution in [0.15, 0.2) is 48.9 Å². The normalized spacial score (nSPS) is 10.7. The molecule has 0 unspecified atom stereocenters. The van der Waals surface area contributed by atoms with Gasteiger partial charge in [0.05, 0.1) is 11.9 Å². The zero-order chi connectivity index (χ0) is 14.1. The molecule has 0 saturated carbocycles. The van der Waals surface area contributed by atoms with Crippen LogP contribution in [0.3, 0.4) is 0 Å². The Balaban J connectivity index is 2.21. The van der Waals surface area contributed by atoms with E-state index in [9.17, 15) is 9.90 Å². The van der Waals surface area contributed by atoms with Gasteiger partial charge in [-0.1, -0.05) is 6.07 Å². The van der Waals surface area contributed by atoms with Gasteiger partial charge in [-0.2, -0.15) is 0 Å². The summed E-state index contributed by atoms with van der Waals surface area (Å²) in [4.78, 5) is 21.7. The number of anilines is 2. The van der Waals surface area contributed by atoms with Crippen LogP contribution in [0.1, 0.15) is 10.5 Å². The van der Waals surface area contributed by atoms with Crippen LogP contribution in [0.4, 0.5) is 11.5 Å². The van der Waals surface area contributed by atoms with E-state index in [0.29, 0.717) is 11.5 Å². The van der Waals surface area contributed by atoms with E-state index in [2.05, 4.69) is 9.97 Å². The third-order valence-corrected chi connectivity index (χ3v) is 3.07. The molecule has 0 atom stereocenters. The molecule has 3 aromatic rings. The van der Waals surface area contributed by atoms with E-state index < -0.39 is 5.97 Å². The topological polar surface area (TPSA) is 70.7 Å². The fourth-order valence-corrected chi connectivity index (χ4v) is 2.09. The molecule has 3 heterocycles. The summed E-state index contributed by atoms with van der Waals surface area (Å²) in [7, 11) is 1.77. The molecule has 0 radical (unpaired) electrons. The van der Waals surface area contributed by atoms with Crippen molar-refractivity contribution in [3.8, 4) is 0 Å². The molecular formula is C14H12N4O2. The van der Waals surface area contributed by atoms with Crippen LogP contribution in [0.5, 0.6) is 0 Å². The maximum atomic E-state index is 11.5. The lowest BCUT2D eigenvalue weighted by atomic mass is 10.3. The van der Waals surface area contributed by atoms with Gasteiger partial charge in [0.25, 0.3) is 0 Å². The summed E-state index contributed by atoms with van der Waals surface area (Å²) < 4.78 is 1.56. The number of imidazole rings is 1. The number of aromatic carboxylic acids is 1. The highest BCUT2D eigenvalue weighted by molar-refractivity contribution is 5.94. The highest BCUT2D eigenvalue weighted by atomic mass is 16.4. The molecule has 0 aliphatic carbocycles. The molecule has 20 heavy (non-hydrogen) atoms. The van der Waals surface area contributed by atoms with E-state index in [1.807, 2.05) is 12.1 Å². The molecule has 0 saturated heterocycles. The van der Waals surface area contributed by atoms with Crippen molar-refractivity contribution in [1.82, 2.24) is 14.4 Å². The lowest BCUT2D eigenvalue weighted by molar-refractivity contribution is 0.0690. The Labute approximate surface area is 114 Å². The molecule has 1 N–H and O–H groups in total. The number of carboxylic acid groups (broad SMARTS) is 1. The lowest BCUT2D eigenvalue weighted by Crippen LogP contribution is -2.15. The Morgan fingerprint density at radius 3 is 2.85 bits per heavy atom. The van der Waals surface area contributed by atoms with Crippen molar-refractivity contribution in [2.45, 2.75) is 0 Å². The van der Waals surface area contributed by atoms with Crippen molar-refractivity contribution in [3.63, 3.8) is 0 Å². The van der Waals surface area contributed by atoms with Crippen molar-refractivity contribution in [1.29, 1.82) is 0 Å². The van der Waals surface area contributed by atoms with Gasteiger partial charge >= 0.3 is 5.97 Å². The summed E-state index contributed by atoms with van der Waals surface area (Å²) in [5.74, 6) is -0.633. The van der Waals surface area contributed by atoms with Gasteiger partial charge in [-0.3, -0.25) is 9.38 Å². The van der Waals surface area contributed by atoms with E-state index in [-0.39, 0.29) is 5.69 Å². The van der Waals surface area contributed by atoms with Crippen LogP contribution in [0.25, 0.3) is 5.65 Å². The summed E-state index contributed by atoms with van der Waals surface area (Å²) in [5.41, 5.74) is 1.50. The molecule has 6 nitrogen and oxygen atoms in total. The van der Waals surface area contributed by atoms with E-state index >= 15 is 0 Å². The number of rotatable bonds is 3. The largest absolute Gasteiger partial charge is 0.476 e. The van der Waals surface area contributed by atoms with Gasteiger partial charge in [-0.25, -0.2) is 9.78 Å². The predicted molar refractivity (Wildman–Crippen MR) is 74.5 cm³/mol. The summed E-state index contributed by atoms with van der Waals surface area (Å²) in [6, 6.07) is 9.01. The number of hydrogen-bond donors (Lipinski definition) is 1. The molecule has 3 aromatic heterocycles. The molecule has 0 aliphatic heterocycles. The fourth-order valence-electron chi connectivity index (χ4n) is 2.09. The Kier molecular flexibility index (Phi) is 2.83. The molecule has 0 amide bonds. The van der Waals surface area contributed by atoms with Crippen molar-refractivity contribution in [3.05, 3.63) is 54.6 Å². The summed E-state index contributed by atoms with van der Waals surface area (Å²) in [5, 5.41) is 9.45. The highest BCUT2D eigenvalue weighted by Gasteiger charge is 2.22. The number of pyridine rings is 2. The van der Waals surface area contributed by atoms with Gasteiger partial charge < -0.3 is 10.0 Å². The number of fused-ring (bicyclic) bond motifs is 1. The first kappa shape index (κ1) is 12.2. The number of carbonyl (C=O) groups is 1. The summed E-state index contributed by atoms with van der Waals surface area (Å²) in [6.45, 7) is 0. The molecule has 0 spiro atoms. The van der Waals surface area contributed by atoms with Crippen molar-refractivity contribution < 1.29 is 9.90 Å².